The molecule has 1 amide bonds. The van der Waals surface area contributed by atoms with E-state index in [-0.39, 0.29) is 29.1 Å². The summed E-state index contributed by atoms with van der Waals surface area (Å²) in [6, 6.07) is 12.1. The number of fused-ring (bicyclic) bond motifs is 1. The normalized spacial score (nSPS) is 20.1. The van der Waals surface area contributed by atoms with Gasteiger partial charge in [-0.05, 0) is 53.4 Å². The maximum Gasteiger partial charge on any atom is 0.303 e. The number of imidazole rings is 1. The summed E-state index contributed by atoms with van der Waals surface area (Å²) in [6.45, 7) is 1.02. The van der Waals surface area contributed by atoms with Crippen LogP contribution in [-0.2, 0) is 14.3 Å². The van der Waals surface area contributed by atoms with Crippen LogP contribution in [0.4, 0.5) is 5.82 Å². The zero-order chi connectivity index (χ0) is 30.0. The van der Waals surface area contributed by atoms with Crippen molar-refractivity contribution < 1.29 is 34.8 Å². The minimum absolute atomic E-state index is 0.0724. The summed E-state index contributed by atoms with van der Waals surface area (Å²) in [5.41, 5.74) is 2.49. The van der Waals surface area contributed by atoms with Crippen LogP contribution in [0.25, 0.3) is 11.2 Å². The number of esters is 1. The Kier molecular flexibility index (Phi) is 8.43. The molecule has 0 unspecified atom stereocenters. The Balaban J connectivity index is 1.39. The molecular formula is C28H29ClN6O7. The van der Waals surface area contributed by atoms with Crippen molar-refractivity contribution in [1.82, 2.24) is 24.8 Å². The standard InChI is InChI=1S/C28H29ClN6O7/c1-14(36)42-12-22(39)32-20-10-21(25(41)24(20)40)35-13-31-23-26(33-28(29)34-27(23)35)30-11-19(15-2-6-17(37)7-3-15)16-4-8-18(38)9-5-16/h2-9,13,19-21,24-25,37-38,40-41H,10-12H2,1H3,(H,32,39)(H,30,33,34)/t20-,21+,24+,25-/m0/s1. The maximum absolute atomic E-state index is 12.1. The van der Waals surface area contributed by atoms with Gasteiger partial charge in [-0.2, -0.15) is 9.97 Å². The van der Waals surface area contributed by atoms with Crippen LogP contribution in [0.1, 0.15) is 36.4 Å². The van der Waals surface area contributed by atoms with Crippen LogP contribution < -0.4 is 10.6 Å². The van der Waals surface area contributed by atoms with Gasteiger partial charge < -0.3 is 40.4 Å². The number of phenols is 2. The lowest BCUT2D eigenvalue weighted by atomic mass is 9.91. The lowest BCUT2D eigenvalue weighted by molar-refractivity contribution is -0.146. The van der Waals surface area contributed by atoms with Gasteiger partial charge in [-0.1, -0.05) is 24.3 Å². The van der Waals surface area contributed by atoms with Crippen molar-refractivity contribution in [3.63, 3.8) is 0 Å². The fourth-order valence-electron chi connectivity index (χ4n) is 5.14. The van der Waals surface area contributed by atoms with E-state index in [1.54, 1.807) is 53.1 Å². The number of nitrogens with zero attached hydrogens (tertiary/aromatic N) is 4. The molecule has 13 nitrogen and oxygen atoms in total. The number of hydrogen-bond donors (Lipinski definition) is 6. The number of benzene rings is 2. The number of carbonyl (C=O) groups is 2. The van der Waals surface area contributed by atoms with Crippen molar-refractivity contribution in [2.75, 3.05) is 18.5 Å². The van der Waals surface area contributed by atoms with Gasteiger partial charge in [0.1, 0.15) is 23.7 Å². The molecule has 6 N–H and O–H groups in total. The molecule has 14 heteroatoms. The van der Waals surface area contributed by atoms with Crippen molar-refractivity contribution >= 4 is 40.5 Å². The third-order valence-corrected chi connectivity index (χ3v) is 7.39. The highest BCUT2D eigenvalue weighted by Gasteiger charge is 2.44. The molecule has 5 rings (SSSR count). The molecule has 0 bridgehead atoms. The number of aromatic hydroxyl groups is 2. The van der Waals surface area contributed by atoms with Gasteiger partial charge in [0.15, 0.2) is 23.6 Å². The van der Waals surface area contributed by atoms with E-state index in [1.807, 2.05) is 0 Å². The molecule has 1 aliphatic carbocycles. The number of anilines is 1. The quantitative estimate of drug-likeness (QED) is 0.122. The highest BCUT2D eigenvalue weighted by atomic mass is 35.5. The first kappa shape index (κ1) is 29.0. The molecule has 1 saturated carbocycles. The molecule has 0 saturated heterocycles. The zero-order valence-corrected chi connectivity index (χ0v) is 23.1. The summed E-state index contributed by atoms with van der Waals surface area (Å²) in [5.74, 6) is -0.816. The lowest BCUT2D eigenvalue weighted by Crippen LogP contribution is -2.44. The van der Waals surface area contributed by atoms with Crippen LogP contribution in [0.3, 0.4) is 0 Å². The largest absolute Gasteiger partial charge is 0.508 e. The van der Waals surface area contributed by atoms with Crippen LogP contribution in [0.5, 0.6) is 11.5 Å². The fraction of sp³-hybridized carbons (Fsp3) is 0.321. The molecule has 1 aliphatic rings. The van der Waals surface area contributed by atoms with Crippen LogP contribution in [-0.4, -0.2) is 83.2 Å². The Morgan fingerprint density at radius 3 is 2.24 bits per heavy atom. The lowest BCUT2D eigenvalue weighted by Gasteiger charge is -2.20. The topological polar surface area (TPSA) is 192 Å². The average molecular weight is 597 g/mol. The number of hydrogen-bond acceptors (Lipinski definition) is 11. The third kappa shape index (κ3) is 6.22. The van der Waals surface area contributed by atoms with E-state index in [0.717, 1.165) is 11.1 Å². The number of rotatable bonds is 9. The minimum atomic E-state index is -1.29. The average Bonchev–Trinajstić information content (AvgIpc) is 3.49. The minimum Gasteiger partial charge on any atom is -0.508 e. The van der Waals surface area contributed by atoms with E-state index in [9.17, 15) is 30.0 Å². The summed E-state index contributed by atoms with van der Waals surface area (Å²) in [4.78, 5) is 36.2. The number of halogens is 1. The Morgan fingerprint density at radius 1 is 1.02 bits per heavy atom. The van der Waals surface area contributed by atoms with Crippen molar-refractivity contribution in [3.8, 4) is 11.5 Å². The molecule has 0 radical (unpaired) electrons. The molecule has 220 valence electrons. The number of nitrogens with one attached hydrogen (secondary N) is 2. The number of amides is 1. The Morgan fingerprint density at radius 2 is 1.64 bits per heavy atom. The van der Waals surface area contributed by atoms with E-state index in [4.69, 9.17) is 16.3 Å². The molecule has 2 heterocycles. The molecule has 4 aromatic rings. The molecule has 0 aliphatic heterocycles. The number of aromatic nitrogens is 4. The molecular weight excluding hydrogens is 568 g/mol. The van der Waals surface area contributed by atoms with Gasteiger partial charge in [-0.3, -0.25) is 9.59 Å². The van der Waals surface area contributed by atoms with E-state index in [0.29, 0.717) is 23.5 Å². The molecule has 2 aromatic heterocycles. The number of aliphatic hydroxyl groups is 2. The second-order valence-electron chi connectivity index (χ2n) is 10.0. The summed E-state index contributed by atoms with van der Waals surface area (Å²) < 4.78 is 6.28. The first-order chi connectivity index (χ1) is 20.1. The maximum atomic E-state index is 12.1. The number of aliphatic hydroxyl groups excluding tert-OH is 2. The monoisotopic (exact) mass is 596 g/mol. The first-order valence-corrected chi connectivity index (χ1v) is 13.5. The zero-order valence-electron chi connectivity index (χ0n) is 22.4. The summed E-state index contributed by atoms with van der Waals surface area (Å²) in [6.07, 6.45) is -0.949. The summed E-state index contributed by atoms with van der Waals surface area (Å²) in [5, 5.41) is 46.8. The van der Waals surface area contributed by atoms with Gasteiger partial charge in [0, 0.05) is 19.4 Å². The highest BCUT2D eigenvalue weighted by molar-refractivity contribution is 6.28. The van der Waals surface area contributed by atoms with Crippen LogP contribution in [0.15, 0.2) is 54.9 Å². The van der Waals surface area contributed by atoms with Gasteiger partial charge >= 0.3 is 5.97 Å². The predicted molar refractivity (Wildman–Crippen MR) is 151 cm³/mol. The fourth-order valence-corrected chi connectivity index (χ4v) is 5.30. The van der Waals surface area contributed by atoms with Gasteiger partial charge in [0.2, 0.25) is 5.28 Å². The Bertz CT molecular complexity index is 1530. The van der Waals surface area contributed by atoms with Gasteiger partial charge in [0.25, 0.3) is 5.91 Å². The third-order valence-electron chi connectivity index (χ3n) is 7.22. The van der Waals surface area contributed by atoms with Gasteiger partial charge in [0.05, 0.1) is 18.4 Å². The number of ether oxygens (including phenoxy) is 1. The SMILES string of the molecule is CC(=O)OCC(=O)N[C@H]1C[C@@H](n2cnc3c(NCC(c4ccc(O)cc4)c4ccc(O)cc4)nc(Cl)nc32)[C@H](O)[C@@H]1O. The molecule has 0 spiro atoms. The van der Waals surface area contributed by atoms with E-state index in [2.05, 4.69) is 25.6 Å². The van der Waals surface area contributed by atoms with Gasteiger partial charge in [-0.25, -0.2) is 4.98 Å². The molecule has 1 fully saturated rings. The van der Waals surface area contributed by atoms with Crippen molar-refractivity contribution in [1.29, 1.82) is 0 Å². The highest BCUT2D eigenvalue weighted by Crippen LogP contribution is 2.35. The second kappa shape index (κ2) is 12.2. The van der Waals surface area contributed by atoms with Crippen LogP contribution in [0, 0.1) is 0 Å². The number of phenolic OH excluding ortho intramolecular Hbond substituents is 2. The summed E-state index contributed by atoms with van der Waals surface area (Å²) >= 11 is 6.30. The molecule has 2 aromatic carbocycles. The van der Waals surface area contributed by atoms with Crippen LogP contribution >= 0.6 is 11.6 Å². The summed E-state index contributed by atoms with van der Waals surface area (Å²) in [7, 11) is 0. The Hall–Kier alpha value is -4.46. The van der Waals surface area contributed by atoms with Crippen LogP contribution in [0.2, 0.25) is 5.28 Å². The van der Waals surface area contributed by atoms with E-state index >= 15 is 0 Å². The van der Waals surface area contributed by atoms with Crippen molar-refractivity contribution in [3.05, 3.63) is 71.3 Å². The Labute approximate surface area is 244 Å². The number of carbonyl (C=O) groups excluding carboxylic acids is 2. The first-order valence-electron chi connectivity index (χ1n) is 13.1. The molecule has 4 atom stereocenters. The predicted octanol–water partition coefficient (Wildman–Crippen LogP) is 1.85. The van der Waals surface area contributed by atoms with Crippen molar-refractivity contribution in [2.45, 2.75) is 43.6 Å². The molecule has 42 heavy (non-hydrogen) atoms. The van der Waals surface area contributed by atoms with Gasteiger partial charge in [-0.15, -0.1) is 0 Å². The van der Waals surface area contributed by atoms with Crippen molar-refractivity contribution in [2.24, 2.45) is 0 Å². The van der Waals surface area contributed by atoms with E-state index in [1.165, 1.54) is 13.3 Å². The smallest absolute Gasteiger partial charge is 0.303 e. The second-order valence-corrected chi connectivity index (χ2v) is 10.4. The van der Waals surface area contributed by atoms with E-state index < -0.39 is 42.8 Å².